The molecule has 0 aliphatic carbocycles. The van der Waals surface area contributed by atoms with Gasteiger partial charge in [-0.1, -0.05) is 18.2 Å². The van der Waals surface area contributed by atoms with E-state index < -0.39 is 17.4 Å². The quantitative estimate of drug-likeness (QED) is 0.833. The molecule has 0 saturated carbocycles. The van der Waals surface area contributed by atoms with Crippen molar-refractivity contribution in [2.75, 3.05) is 20.3 Å². The molecule has 1 atom stereocenters. The lowest BCUT2D eigenvalue weighted by Gasteiger charge is -2.24. The van der Waals surface area contributed by atoms with E-state index in [-0.39, 0.29) is 13.0 Å². The van der Waals surface area contributed by atoms with Gasteiger partial charge in [-0.05, 0) is 11.6 Å². The van der Waals surface area contributed by atoms with Crippen LogP contribution in [-0.2, 0) is 20.9 Å². The predicted octanol–water partition coefficient (Wildman–Crippen LogP) is 0.806. The molecule has 1 aliphatic rings. The van der Waals surface area contributed by atoms with Crippen molar-refractivity contribution in [2.24, 2.45) is 0 Å². The Bertz CT molecular complexity index is 508. The van der Waals surface area contributed by atoms with Crippen molar-refractivity contribution in [3.05, 3.63) is 35.4 Å². The highest BCUT2D eigenvalue weighted by molar-refractivity contribution is 5.99. The molecule has 1 aromatic rings. The summed E-state index contributed by atoms with van der Waals surface area (Å²) in [5.74, 6) is -1.50. The molecule has 0 bridgehead atoms. The van der Waals surface area contributed by atoms with Gasteiger partial charge in [0.2, 0.25) is 0 Å². The number of benzene rings is 1. The number of hydrogen-bond donors (Lipinski definition) is 2. The number of carboxylic acids is 1. The third kappa shape index (κ3) is 2.81. The zero-order valence-electron chi connectivity index (χ0n) is 11.2. The lowest BCUT2D eigenvalue weighted by molar-refractivity contribution is -0.144. The second kappa shape index (κ2) is 6.02. The van der Waals surface area contributed by atoms with Crippen LogP contribution in [0.15, 0.2) is 24.3 Å². The Morgan fingerprint density at radius 3 is 2.80 bits per heavy atom. The van der Waals surface area contributed by atoms with Gasteiger partial charge in [0.1, 0.15) is 0 Å². The van der Waals surface area contributed by atoms with E-state index >= 15 is 0 Å². The summed E-state index contributed by atoms with van der Waals surface area (Å²) >= 11 is 0. The van der Waals surface area contributed by atoms with Gasteiger partial charge in [0.25, 0.3) is 5.91 Å². The average molecular weight is 279 g/mol. The van der Waals surface area contributed by atoms with Crippen LogP contribution in [0, 0.1) is 0 Å². The first kappa shape index (κ1) is 14.5. The molecule has 1 unspecified atom stereocenters. The number of carbonyl (C=O) groups excluding carboxylic acids is 1. The summed E-state index contributed by atoms with van der Waals surface area (Å²) in [6.07, 6.45) is 0.264. The third-order valence-corrected chi connectivity index (χ3v) is 3.35. The van der Waals surface area contributed by atoms with Crippen LogP contribution in [0.1, 0.15) is 22.3 Å². The Morgan fingerprint density at radius 1 is 1.45 bits per heavy atom. The average Bonchev–Trinajstić information content (AvgIpc) is 2.89. The van der Waals surface area contributed by atoms with E-state index in [2.05, 4.69) is 5.32 Å². The van der Waals surface area contributed by atoms with Gasteiger partial charge >= 0.3 is 5.97 Å². The number of carbonyl (C=O) groups is 2. The fourth-order valence-corrected chi connectivity index (χ4v) is 2.19. The number of aliphatic carboxylic acids is 1. The molecule has 1 heterocycles. The van der Waals surface area contributed by atoms with Crippen molar-refractivity contribution in [2.45, 2.75) is 18.6 Å². The Morgan fingerprint density at radius 2 is 2.20 bits per heavy atom. The predicted molar refractivity (Wildman–Crippen MR) is 70.4 cm³/mol. The first-order valence-corrected chi connectivity index (χ1v) is 6.29. The zero-order chi connectivity index (χ0) is 14.6. The van der Waals surface area contributed by atoms with E-state index in [0.29, 0.717) is 24.3 Å². The molecule has 1 aromatic carbocycles. The lowest BCUT2D eigenvalue weighted by Crippen LogP contribution is -2.55. The maximum Gasteiger partial charge on any atom is 0.331 e. The van der Waals surface area contributed by atoms with Crippen molar-refractivity contribution in [3.63, 3.8) is 0 Å². The van der Waals surface area contributed by atoms with Gasteiger partial charge in [0.15, 0.2) is 5.54 Å². The summed E-state index contributed by atoms with van der Waals surface area (Å²) in [6, 6.07) is 6.95. The first-order chi connectivity index (χ1) is 9.59. The summed E-state index contributed by atoms with van der Waals surface area (Å²) in [6.45, 7) is 0.604. The molecule has 1 amide bonds. The highest BCUT2D eigenvalue weighted by Crippen LogP contribution is 2.20. The number of ether oxygens (including phenoxy) is 2. The molecule has 0 spiro atoms. The highest BCUT2D eigenvalue weighted by Gasteiger charge is 2.44. The highest BCUT2D eigenvalue weighted by atomic mass is 16.5. The molecule has 1 aliphatic heterocycles. The van der Waals surface area contributed by atoms with Crippen LogP contribution in [0.2, 0.25) is 0 Å². The molecule has 6 heteroatoms. The summed E-state index contributed by atoms with van der Waals surface area (Å²) in [7, 11) is 1.54. The number of carboxylic acid groups (broad SMARTS) is 1. The Labute approximate surface area is 116 Å². The first-order valence-electron chi connectivity index (χ1n) is 6.29. The standard InChI is InChI=1S/C14H17NO5/c1-19-8-10-4-2-3-5-11(10)12(16)15-14(13(17)18)6-7-20-9-14/h2-5H,6-9H2,1H3,(H,15,16)(H,17,18). The zero-order valence-corrected chi connectivity index (χ0v) is 11.2. The fourth-order valence-electron chi connectivity index (χ4n) is 2.19. The van der Waals surface area contributed by atoms with Crippen molar-refractivity contribution in [1.82, 2.24) is 5.32 Å². The fraction of sp³-hybridized carbons (Fsp3) is 0.429. The van der Waals surface area contributed by atoms with Gasteiger partial charge in [0.05, 0.1) is 13.2 Å². The molecular weight excluding hydrogens is 262 g/mol. The molecule has 0 aromatic heterocycles. The minimum atomic E-state index is -1.34. The normalized spacial score (nSPS) is 21.6. The number of methoxy groups -OCH3 is 1. The van der Waals surface area contributed by atoms with Gasteiger partial charge in [-0.3, -0.25) is 4.79 Å². The van der Waals surface area contributed by atoms with Crippen LogP contribution in [0.5, 0.6) is 0 Å². The van der Waals surface area contributed by atoms with E-state index in [1.807, 2.05) is 0 Å². The van der Waals surface area contributed by atoms with Crippen molar-refractivity contribution < 1.29 is 24.2 Å². The Hall–Kier alpha value is -1.92. The van der Waals surface area contributed by atoms with Crippen molar-refractivity contribution in [1.29, 1.82) is 0 Å². The second-order valence-corrected chi connectivity index (χ2v) is 4.73. The number of nitrogens with one attached hydrogen (secondary N) is 1. The van der Waals surface area contributed by atoms with Gasteiger partial charge in [-0.15, -0.1) is 0 Å². The largest absolute Gasteiger partial charge is 0.479 e. The minimum absolute atomic E-state index is 0.0134. The van der Waals surface area contributed by atoms with Crippen molar-refractivity contribution >= 4 is 11.9 Å². The number of hydrogen-bond acceptors (Lipinski definition) is 4. The second-order valence-electron chi connectivity index (χ2n) is 4.73. The number of rotatable bonds is 5. The van der Waals surface area contributed by atoms with Gasteiger partial charge < -0.3 is 19.9 Å². The smallest absolute Gasteiger partial charge is 0.331 e. The maximum atomic E-state index is 12.3. The molecule has 2 rings (SSSR count). The lowest BCUT2D eigenvalue weighted by atomic mass is 9.97. The number of amides is 1. The molecule has 1 fully saturated rings. The molecule has 2 N–H and O–H groups in total. The van der Waals surface area contributed by atoms with E-state index in [1.165, 1.54) is 7.11 Å². The van der Waals surface area contributed by atoms with Gasteiger partial charge in [-0.2, -0.15) is 0 Å². The van der Waals surface area contributed by atoms with Crippen LogP contribution in [0.25, 0.3) is 0 Å². The minimum Gasteiger partial charge on any atom is -0.479 e. The Kier molecular flexibility index (Phi) is 4.36. The van der Waals surface area contributed by atoms with Crippen LogP contribution in [0.3, 0.4) is 0 Å². The van der Waals surface area contributed by atoms with Crippen LogP contribution < -0.4 is 5.32 Å². The van der Waals surface area contributed by atoms with Crippen LogP contribution >= 0.6 is 0 Å². The topological polar surface area (TPSA) is 84.9 Å². The molecule has 1 saturated heterocycles. The van der Waals surface area contributed by atoms with E-state index in [9.17, 15) is 14.7 Å². The van der Waals surface area contributed by atoms with E-state index in [0.717, 1.165) is 0 Å². The van der Waals surface area contributed by atoms with Crippen molar-refractivity contribution in [3.8, 4) is 0 Å². The molecule has 0 radical (unpaired) electrons. The summed E-state index contributed by atoms with van der Waals surface area (Å²) < 4.78 is 10.2. The molecular formula is C14H17NO5. The van der Waals surface area contributed by atoms with E-state index in [1.54, 1.807) is 24.3 Å². The van der Waals surface area contributed by atoms with E-state index in [4.69, 9.17) is 9.47 Å². The third-order valence-electron chi connectivity index (χ3n) is 3.35. The summed E-state index contributed by atoms with van der Waals surface area (Å²) in [5, 5.41) is 11.9. The Balaban J connectivity index is 2.21. The SMILES string of the molecule is COCc1ccccc1C(=O)NC1(C(=O)O)CCOC1. The summed E-state index contributed by atoms with van der Waals surface area (Å²) in [5.41, 5.74) is -0.203. The van der Waals surface area contributed by atoms with Gasteiger partial charge in [-0.25, -0.2) is 4.79 Å². The van der Waals surface area contributed by atoms with Crippen LogP contribution in [0.4, 0.5) is 0 Å². The molecule has 6 nitrogen and oxygen atoms in total. The van der Waals surface area contributed by atoms with Gasteiger partial charge in [0, 0.05) is 25.7 Å². The van der Waals surface area contributed by atoms with Crippen LogP contribution in [-0.4, -0.2) is 42.8 Å². The monoisotopic (exact) mass is 279 g/mol. The maximum absolute atomic E-state index is 12.3. The summed E-state index contributed by atoms with van der Waals surface area (Å²) in [4.78, 5) is 23.7. The molecule has 20 heavy (non-hydrogen) atoms. The molecule has 108 valence electrons.